The van der Waals surface area contributed by atoms with Gasteiger partial charge < -0.3 is 10.2 Å². The second-order valence-electron chi connectivity index (χ2n) is 8.57. The van der Waals surface area contributed by atoms with Crippen LogP contribution in [0.25, 0.3) is 0 Å². The van der Waals surface area contributed by atoms with Crippen LogP contribution in [0.5, 0.6) is 0 Å². The van der Waals surface area contributed by atoms with Crippen LogP contribution in [0.2, 0.25) is 5.02 Å². The van der Waals surface area contributed by atoms with Crippen molar-refractivity contribution in [3.63, 3.8) is 0 Å². The molecule has 4 rings (SSSR count). The third kappa shape index (κ3) is 4.81. The smallest absolute Gasteiger partial charge is 0.230 e. The Kier molecular flexibility index (Phi) is 6.96. The number of halogens is 1. The number of anilines is 1. The van der Waals surface area contributed by atoms with Crippen molar-refractivity contribution in [2.24, 2.45) is 0 Å². The Morgan fingerprint density at radius 3 is 2.40 bits per heavy atom. The number of hydrogen-bond acceptors (Lipinski definition) is 3. The Balaban J connectivity index is 1.23. The minimum absolute atomic E-state index is 0.177. The average molecular weight is 426 g/mol. The number of para-hydroxylation sites is 1. The highest BCUT2D eigenvalue weighted by molar-refractivity contribution is 6.30. The Morgan fingerprint density at radius 2 is 1.70 bits per heavy atom. The van der Waals surface area contributed by atoms with Crippen LogP contribution in [0.3, 0.4) is 0 Å². The lowest BCUT2D eigenvalue weighted by Gasteiger charge is -2.36. The number of hydrogen-bond donors (Lipinski definition) is 1. The van der Waals surface area contributed by atoms with Gasteiger partial charge in [-0.25, -0.2) is 0 Å². The van der Waals surface area contributed by atoms with E-state index in [4.69, 9.17) is 11.6 Å². The minimum atomic E-state index is -0.397. The monoisotopic (exact) mass is 425 g/mol. The van der Waals surface area contributed by atoms with Gasteiger partial charge in [-0.2, -0.15) is 0 Å². The van der Waals surface area contributed by atoms with Crippen LogP contribution in [-0.4, -0.2) is 50.1 Å². The van der Waals surface area contributed by atoms with E-state index >= 15 is 0 Å². The molecule has 2 aliphatic rings. The summed E-state index contributed by atoms with van der Waals surface area (Å²) in [7, 11) is 0. The van der Waals surface area contributed by atoms with Crippen LogP contribution in [0.1, 0.15) is 37.7 Å². The van der Waals surface area contributed by atoms with E-state index in [1.807, 2.05) is 18.2 Å². The fraction of sp³-hybridized carbons (Fsp3) is 0.480. The van der Waals surface area contributed by atoms with Crippen LogP contribution < -0.4 is 10.2 Å². The first-order chi connectivity index (χ1) is 14.7. The van der Waals surface area contributed by atoms with Crippen molar-refractivity contribution in [3.8, 4) is 0 Å². The molecule has 1 amide bonds. The van der Waals surface area contributed by atoms with Crippen molar-refractivity contribution in [1.29, 1.82) is 0 Å². The summed E-state index contributed by atoms with van der Waals surface area (Å²) in [6.07, 6.45) is 5.03. The van der Waals surface area contributed by atoms with E-state index in [0.29, 0.717) is 5.02 Å². The van der Waals surface area contributed by atoms with Gasteiger partial charge in [0, 0.05) is 43.4 Å². The minimum Gasteiger partial charge on any atom is -0.369 e. The topological polar surface area (TPSA) is 35.6 Å². The van der Waals surface area contributed by atoms with Crippen LogP contribution in [0, 0.1) is 0 Å². The quantitative estimate of drug-likeness (QED) is 0.664. The largest absolute Gasteiger partial charge is 0.369 e. The zero-order valence-electron chi connectivity index (χ0n) is 17.7. The Labute approximate surface area is 185 Å². The Bertz CT molecular complexity index is 827. The van der Waals surface area contributed by atoms with E-state index in [1.165, 1.54) is 5.69 Å². The van der Waals surface area contributed by atoms with Crippen molar-refractivity contribution in [2.45, 2.75) is 37.5 Å². The molecule has 160 valence electrons. The second kappa shape index (κ2) is 9.84. The third-order valence-corrected chi connectivity index (χ3v) is 6.93. The molecule has 2 fully saturated rings. The number of carbonyl (C=O) groups excluding carboxylic acids is 1. The Hall–Kier alpha value is -2.04. The van der Waals surface area contributed by atoms with Crippen LogP contribution >= 0.6 is 11.6 Å². The molecule has 1 saturated carbocycles. The first-order valence-corrected chi connectivity index (χ1v) is 11.6. The number of rotatable bonds is 7. The van der Waals surface area contributed by atoms with Gasteiger partial charge in [-0.1, -0.05) is 54.8 Å². The van der Waals surface area contributed by atoms with Gasteiger partial charge in [0.25, 0.3) is 0 Å². The molecule has 2 aromatic rings. The van der Waals surface area contributed by atoms with Crippen molar-refractivity contribution in [1.82, 2.24) is 10.2 Å². The van der Waals surface area contributed by atoms with Gasteiger partial charge in [-0.15, -0.1) is 0 Å². The molecule has 2 aromatic carbocycles. The van der Waals surface area contributed by atoms with Crippen LogP contribution in [-0.2, 0) is 10.2 Å². The van der Waals surface area contributed by atoms with Gasteiger partial charge in [-0.05, 0) is 55.6 Å². The number of amides is 1. The highest BCUT2D eigenvalue weighted by Gasteiger charge is 2.42. The zero-order valence-corrected chi connectivity index (χ0v) is 18.4. The van der Waals surface area contributed by atoms with E-state index in [1.54, 1.807) is 0 Å². The lowest BCUT2D eigenvalue weighted by molar-refractivity contribution is -0.126. The zero-order chi connectivity index (χ0) is 20.8. The summed E-state index contributed by atoms with van der Waals surface area (Å²) in [6, 6.07) is 18.5. The average Bonchev–Trinajstić information content (AvgIpc) is 3.29. The summed E-state index contributed by atoms with van der Waals surface area (Å²) in [5.41, 5.74) is 1.99. The van der Waals surface area contributed by atoms with E-state index < -0.39 is 5.41 Å². The Morgan fingerprint density at radius 1 is 0.967 bits per heavy atom. The van der Waals surface area contributed by atoms with Crippen molar-refractivity contribution in [3.05, 3.63) is 65.2 Å². The molecule has 0 atom stereocenters. The maximum absolute atomic E-state index is 13.2. The van der Waals surface area contributed by atoms with Gasteiger partial charge in [0.1, 0.15) is 0 Å². The molecule has 1 aliphatic carbocycles. The van der Waals surface area contributed by atoms with E-state index in [-0.39, 0.29) is 5.91 Å². The van der Waals surface area contributed by atoms with E-state index in [9.17, 15) is 4.79 Å². The summed E-state index contributed by atoms with van der Waals surface area (Å²) in [5.74, 6) is 0.177. The summed E-state index contributed by atoms with van der Waals surface area (Å²) in [4.78, 5) is 18.1. The first-order valence-electron chi connectivity index (χ1n) is 11.2. The number of piperazine rings is 1. The summed E-state index contributed by atoms with van der Waals surface area (Å²) < 4.78 is 0. The molecule has 1 heterocycles. The van der Waals surface area contributed by atoms with Gasteiger partial charge >= 0.3 is 0 Å². The van der Waals surface area contributed by atoms with E-state index in [0.717, 1.165) is 76.9 Å². The van der Waals surface area contributed by atoms with E-state index in [2.05, 4.69) is 51.5 Å². The van der Waals surface area contributed by atoms with Crippen molar-refractivity contribution < 1.29 is 4.79 Å². The predicted octanol–water partition coefficient (Wildman–Crippen LogP) is 4.48. The van der Waals surface area contributed by atoms with Crippen LogP contribution in [0.4, 0.5) is 5.69 Å². The summed E-state index contributed by atoms with van der Waals surface area (Å²) in [6.45, 7) is 6.06. The number of nitrogens with zero attached hydrogens (tertiary/aromatic N) is 2. The number of nitrogens with one attached hydrogen (secondary N) is 1. The lowest BCUT2D eigenvalue weighted by Crippen LogP contribution is -2.47. The molecule has 0 aromatic heterocycles. The fourth-order valence-electron chi connectivity index (χ4n) is 4.95. The number of carbonyl (C=O) groups is 1. The second-order valence-corrected chi connectivity index (χ2v) is 9.01. The summed E-state index contributed by atoms with van der Waals surface area (Å²) in [5, 5.41) is 3.95. The fourth-order valence-corrected chi connectivity index (χ4v) is 5.14. The molecular weight excluding hydrogens is 394 g/mol. The van der Waals surface area contributed by atoms with Gasteiger partial charge in [-0.3, -0.25) is 9.69 Å². The molecule has 30 heavy (non-hydrogen) atoms. The molecular formula is C25H32ClN3O. The summed E-state index contributed by atoms with van der Waals surface area (Å²) >= 11 is 6.21. The van der Waals surface area contributed by atoms with Gasteiger partial charge in [0.05, 0.1) is 5.41 Å². The molecule has 1 N–H and O–H groups in total. The highest BCUT2D eigenvalue weighted by Crippen LogP contribution is 2.42. The molecule has 0 bridgehead atoms. The molecule has 1 saturated heterocycles. The lowest BCUT2D eigenvalue weighted by atomic mass is 9.78. The SMILES string of the molecule is O=C(NCCCN1CCN(c2ccccc2)CC1)C1(c2cccc(Cl)c2)CCCC1. The molecule has 0 radical (unpaired) electrons. The number of benzene rings is 2. The molecule has 0 unspecified atom stereocenters. The predicted molar refractivity (Wildman–Crippen MR) is 124 cm³/mol. The molecule has 4 nitrogen and oxygen atoms in total. The van der Waals surface area contributed by atoms with Crippen molar-refractivity contribution >= 4 is 23.2 Å². The van der Waals surface area contributed by atoms with Gasteiger partial charge in [0.15, 0.2) is 0 Å². The van der Waals surface area contributed by atoms with Crippen LogP contribution in [0.15, 0.2) is 54.6 Å². The highest BCUT2D eigenvalue weighted by atomic mass is 35.5. The molecule has 0 spiro atoms. The molecule has 1 aliphatic heterocycles. The van der Waals surface area contributed by atoms with Gasteiger partial charge in [0.2, 0.25) is 5.91 Å². The van der Waals surface area contributed by atoms with Crippen molar-refractivity contribution in [2.75, 3.05) is 44.2 Å². The maximum Gasteiger partial charge on any atom is 0.230 e. The standard InChI is InChI=1S/C25H32ClN3O/c26-22-9-6-8-21(20-22)25(12-4-5-13-25)24(30)27-14-7-15-28-16-18-29(19-17-28)23-10-2-1-3-11-23/h1-3,6,8-11,20H,4-5,7,12-19H2,(H,27,30). The third-order valence-electron chi connectivity index (χ3n) is 6.70. The maximum atomic E-state index is 13.2. The normalized spacial score (nSPS) is 19.0. The molecule has 5 heteroatoms. The first kappa shape index (κ1) is 21.2.